The molecule has 0 radical (unpaired) electrons. The van der Waals surface area contributed by atoms with E-state index in [0.29, 0.717) is 36.1 Å². The van der Waals surface area contributed by atoms with E-state index in [-0.39, 0.29) is 24.4 Å². The van der Waals surface area contributed by atoms with Crippen molar-refractivity contribution in [3.05, 3.63) is 10.6 Å². The summed E-state index contributed by atoms with van der Waals surface area (Å²) in [4.78, 5) is 30.3. The van der Waals surface area contributed by atoms with E-state index < -0.39 is 5.97 Å². The van der Waals surface area contributed by atoms with Crippen LogP contribution in [-0.4, -0.2) is 59.1 Å². The summed E-state index contributed by atoms with van der Waals surface area (Å²) in [5.74, 6) is -1.16. The number of carbonyl (C=O) groups excluding carboxylic acids is 1. The molecule has 1 aromatic heterocycles. The van der Waals surface area contributed by atoms with Gasteiger partial charge in [0.15, 0.2) is 11.1 Å². The molecule has 0 aromatic carbocycles. The number of nitrogens with two attached hydrogens (primary N) is 1. The molecule has 1 fully saturated rings. The fourth-order valence-electron chi connectivity index (χ4n) is 2.94. The molecule has 0 bridgehead atoms. The molecule has 1 aliphatic heterocycles. The molecule has 0 aliphatic carbocycles. The molecular formula is C16H25N5O4S. The van der Waals surface area contributed by atoms with Gasteiger partial charge in [-0.3, -0.25) is 10.2 Å². The molecule has 2 rings (SSSR count). The van der Waals surface area contributed by atoms with Crippen LogP contribution in [0.4, 0.5) is 5.13 Å². The number of ether oxygens (including phenoxy) is 1. The SMILES string of the molecule is CCCc1nc(NC(=N)N)sc1C(=O)N1CCCC(COCC(=O)O)C1. The summed E-state index contributed by atoms with van der Waals surface area (Å²) in [6, 6.07) is 0. The van der Waals surface area contributed by atoms with Crippen LogP contribution < -0.4 is 11.1 Å². The normalized spacial score (nSPS) is 17.1. The molecule has 1 amide bonds. The van der Waals surface area contributed by atoms with Crippen molar-refractivity contribution in [1.29, 1.82) is 5.41 Å². The molecule has 1 saturated heterocycles. The summed E-state index contributed by atoms with van der Waals surface area (Å²) in [5, 5.41) is 19.1. The van der Waals surface area contributed by atoms with Crippen LogP contribution in [0.1, 0.15) is 41.6 Å². The number of carboxylic acid groups (broad SMARTS) is 1. The number of guanidine groups is 1. The maximum absolute atomic E-state index is 13.0. The Kier molecular flexibility index (Phi) is 7.34. The lowest BCUT2D eigenvalue weighted by atomic mass is 9.98. The first kappa shape index (κ1) is 20.1. The van der Waals surface area contributed by atoms with Gasteiger partial charge in [0.05, 0.1) is 12.3 Å². The Hall–Kier alpha value is -2.20. The molecule has 0 saturated carbocycles. The highest BCUT2D eigenvalue weighted by Gasteiger charge is 2.28. The van der Waals surface area contributed by atoms with Crippen molar-refractivity contribution in [2.24, 2.45) is 11.7 Å². The average molecular weight is 383 g/mol. The number of hydrogen-bond donors (Lipinski definition) is 4. The maximum atomic E-state index is 13.0. The molecule has 1 aliphatic rings. The first-order valence-electron chi connectivity index (χ1n) is 8.60. The van der Waals surface area contributed by atoms with Gasteiger partial charge >= 0.3 is 5.97 Å². The van der Waals surface area contributed by atoms with E-state index >= 15 is 0 Å². The minimum Gasteiger partial charge on any atom is -0.480 e. The number of carboxylic acids is 1. The molecule has 5 N–H and O–H groups in total. The van der Waals surface area contributed by atoms with Crippen molar-refractivity contribution in [3.8, 4) is 0 Å². The Morgan fingerprint density at radius 2 is 2.31 bits per heavy atom. The van der Waals surface area contributed by atoms with Crippen LogP contribution in [-0.2, 0) is 16.0 Å². The van der Waals surface area contributed by atoms with Gasteiger partial charge in [-0.15, -0.1) is 0 Å². The Labute approximate surface area is 156 Å². The first-order valence-corrected chi connectivity index (χ1v) is 9.41. The third-order valence-electron chi connectivity index (χ3n) is 4.01. The number of nitrogens with zero attached hydrogens (tertiary/aromatic N) is 2. The molecule has 1 aromatic rings. The fraction of sp³-hybridized carbons (Fsp3) is 0.625. The standard InChI is InChI=1S/C16H25N5O4S/c1-2-4-11-13(26-16(19-11)20-15(17)18)14(24)21-6-3-5-10(7-21)8-25-9-12(22)23/h10H,2-9H2,1H3,(H,22,23)(H4,17,18,19,20). The predicted molar refractivity (Wildman–Crippen MR) is 98.7 cm³/mol. The molecular weight excluding hydrogens is 358 g/mol. The van der Waals surface area contributed by atoms with Crippen LogP contribution in [0, 0.1) is 11.3 Å². The molecule has 0 spiro atoms. The second kappa shape index (κ2) is 9.48. The molecule has 9 nitrogen and oxygen atoms in total. The zero-order chi connectivity index (χ0) is 19.1. The second-order valence-electron chi connectivity index (χ2n) is 6.25. The number of aromatic nitrogens is 1. The third-order valence-corrected chi connectivity index (χ3v) is 5.01. The van der Waals surface area contributed by atoms with E-state index in [0.717, 1.165) is 25.0 Å². The highest BCUT2D eigenvalue weighted by Crippen LogP contribution is 2.27. The number of carbonyl (C=O) groups is 2. The number of aliphatic carboxylic acids is 1. The van der Waals surface area contributed by atoms with Crippen molar-refractivity contribution >= 4 is 34.3 Å². The summed E-state index contributed by atoms with van der Waals surface area (Å²) >= 11 is 1.21. The van der Waals surface area contributed by atoms with E-state index in [1.54, 1.807) is 4.90 Å². The maximum Gasteiger partial charge on any atom is 0.329 e. The number of aryl methyl sites for hydroxylation is 1. The average Bonchev–Trinajstić information content (AvgIpc) is 2.96. The Morgan fingerprint density at radius 3 is 2.96 bits per heavy atom. The van der Waals surface area contributed by atoms with E-state index in [4.69, 9.17) is 21.0 Å². The minimum absolute atomic E-state index is 0.0783. The van der Waals surface area contributed by atoms with Crippen LogP contribution in [0.15, 0.2) is 0 Å². The zero-order valence-corrected chi connectivity index (χ0v) is 15.6. The summed E-state index contributed by atoms with van der Waals surface area (Å²) in [6.07, 6.45) is 3.30. The number of amides is 1. The van der Waals surface area contributed by atoms with Gasteiger partial charge < -0.3 is 25.8 Å². The van der Waals surface area contributed by atoms with Gasteiger partial charge in [-0.1, -0.05) is 24.7 Å². The zero-order valence-electron chi connectivity index (χ0n) is 14.8. The van der Waals surface area contributed by atoms with Crippen LogP contribution >= 0.6 is 11.3 Å². The topological polar surface area (TPSA) is 142 Å². The van der Waals surface area contributed by atoms with Crippen molar-refractivity contribution in [1.82, 2.24) is 9.88 Å². The number of likely N-dealkylation sites (tertiary alicyclic amines) is 1. The van der Waals surface area contributed by atoms with E-state index in [1.165, 1.54) is 11.3 Å². The molecule has 144 valence electrons. The van der Waals surface area contributed by atoms with Crippen LogP contribution in [0.25, 0.3) is 0 Å². The third kappa shape index (κ3) is 5.67. The number of piperidine rings is 1. The van der Waals surface area contributed by atoms with E-state index in [9.17, 15) is 9.59 Å². The number of rotatable bonds is 8. The highest BCUT2D eigenvalue weighted by molar-refractivity contribution is 7.17. The van der Waals surface area contributed by atoms with Crippen molar-refractivity contribution in [2.45, 2.75) is 32.6 Å². The Bertz CT molecular complexity index is 663. The number of thiazole rings is 1. The Balaban J connectivity index is 2.05. The van der Waals surface area contributed by atoms with Crippen molar-refractivity contribution < 1.29 is 19.4 Å². The predicted octanol–water partition coefficient (Wildman–Crippen LogP) is 1.35. The van der Waals surface area contributed by atoms with Gasteiger partial charge in [0.25, 0.3) is 5.91 Å². The molecule has 10 heteroatoms. The number of hydrogen-bond acceptors (Lipinski definition) is 6. The quantitative estimate of drug-likeness (QED) is 0.392. The minimum atomic E-state index is -0.992. The monoisotopic (exact) mass is 383 g/mol. The van der Waals surface area contributed by atoms with Crippen LogP contribution in [0.2, 0.25) is 0 Å². The lowest BCUT2D eigenvalue weighted by molar-refractivity contribution is -0.142. The number of anilines is 1. The van der Waals surface area contributed by atoms with Gasteiger partial charge in [-0.05, 0) is 25.2 Å². The van der Waals surface area contributed by atoms with Crippen LogP contribution in [0.5, 0.6) is 0 Å². The summed E-state index contributed by atoms with van der Waals surface area (Å²) in [5.41, 5.74) is 6.07. The van der Waals surface area contributed by atoms with Crippen LogP contribution in [0.3, 0.4) is 0 Å². The smallest absolute Gasteiger partial charge is 0.329 e. The lowest BCUT2D eigenvalue weighted by Gasteiger charge is -2.32. The van der Waals surface area contributed by atoms with E-state index in [2.05, 4.69) is 10.3 Å². The number of nitrogens with one attached hydrogen (secondary N) is 2. The fourth-order valence-corrected chi connectivity index (χ4v) is 3.93. The molecule has 2 heterocycles. The van der Waals surface area contributed by atoms with Crippen molar-refractivity contribution in [2.75, 3.05) is 31.6 Å². The lowest BCUT2D eigenvalue weighted by Crippen LogP contribution is -2.41. The van der Waals surface area contributed by atoms with Gasteiger partial charge in [0.2, 0.25) is 0 Å². The van der Waals surface area contributed by atoms with Gasteiger partial charge in [-0.2, -0.15) is 0 Å². The van der Waals surface area contributed by atoms with Gasteiger partial charge in [0, 0.05) is 13.1 Å². The summed E-state index contributed by atoms with van der Waals surface area (Å²) in [7, 11) is 0. The summed E-state index contributed by atoms with van der Waals surface area (Å²) < 4.78 is 5.18. The summed E-state index contributed by atoms with van der Waals surface area (Å²) in [6.45, 7) is 3.23. The molecule has 26 heavy (non-hydrogen) atoms. The second-order valence-corrected chi connectivity index (χ2v) is 7.25. The first-order chi connectivity index (χ1) is 12.4. The molecule has 1 unspecified atom stereocenters. The molecule has 1 atom stereocenters. The van der Waals surface area contributed by atoms with Gasteiger partial charge in [0.1, 0.15) is 11.5 Å². The van der Waals surface area contributed by atoms with Crippen molar-refractivity contribution in [3.63, 3.8) is 0 Å². The van der Waals surface area contributed by atoms with Gasteiger partial charge in [-0.25, -0.2) is 9.78 Å². The largest absolute Gasteiger partial charge is 0.480 e. The van der Waals surface area contributed by atoms with E-state index in [1.807, 2.05) is 6.92 Å². The Morgan fingerprint density at radius 1 is 1.54 bits per heavy atom. The highest BCUT2D eigenvalue weighted by atomic mass is 32.1.